The lowest BCUT2D eigenvalue weighted by Gasteiger charge is -2.14. The molecule has 2 rings (SSSR count). The molecule has 1 aliphatic carbocycles. The lowest BCUT2D eigenvalue weighted by atomic mass is 9.94. The summed E-state index contributed by atoms with van der Waals surface area (Å²) in [7, 11) is 0. The number of carbonyl (C=O) groups excluding carboxylic acids is 2. The maximum absolute atomic E-state index is 12.2. The molecule has 7 nitrogen and oxygen atoms in total. The van der Waals surface area contributed by atoms with Gasteiger partial charge in [-0.3, -0.25) is 14.9 Å². The van der Waals surface area contributed by atoms with Crippen molar-refractivity contribution in [2.45, 2.75) is 39.2 Å². The van der Waals surface area contributed by atoms with Gasteiger partial charge in [-0.2, -0.15) is 0 Å². The van der Waals surface area contributed by atoms with Gasteiger partial charge in [-0.25, -0.2) is 4.79 Å². The first-order valence-electron chi connectivity index (χ1n) is 8.08. The molecule has 0 N–H and O–H groups in total. The highest BCUT2D eigenvalue weighted by molar-refractivity contribution is 5.89. The first-order valence-corrected chi connectivity index (χ1v) is 8.08. The fraction of sp³-hybridized carbons (Fsp3) is 0.529. The quantitative estimate of drug-likeness (QED) is 0.450. The first-order chi connectivity index (χ1) is 11.5. The van der Waals surface area contributed by atoms with Crippen LogP contribution in [0, 0.1) is 22.0 Å². The van der Waals surface area contributed by atoms with Gasteiger partial charge in [0.2, 0.25) is 0 Å². The van der Waals surface area contributed by atoms with Gasteiger partial charge in [0.1, 0.15) is 6.10 Å². The molecule has 130 valence electrons. The van der Waals surface area contributed by atoms with Gasteiger partial charge < -0.3 is 9.47 Å². The van der Waals surface area contributed by atoms with Crippen LogP contribution in [0.1, 0.15) is 43.5 Å². The molecule has 3 atom stereocenters. The van der Waals surface area contributed by atoms with Crippen LogP contribution < -0.4 is 0 Å². The molecule has 0 spiro atoms. The van der Waals surface area contributed by atoms with Crippen LogP contribution in [-0.2, 0) is 14.3 Å². The van der Waals surface area contributed by atoms with Crippen LogP contribution in [0.15, 0.2) is 24.3 Å². The van der Waals surface area contributed by atoms with E-state index in [-0.39, 0.29) is 35.2 Å². The highest BCUT2D eigenvalue weighted by Gasteiger charge is 2.40. The number of nitrogens with zero attached hydrogens (tertiary/aromatic N) is 1. The molecule has 0 amide bonds. The monoisotopic (exact) mass is 335 g/mol. The van der Waals surface area contributed by atoms with Crippen molar-refractivity contribution in [3.63, 3.8) is 0 Å². The van der Waals surface area contributed by atoms with Gasteiger partial charge >= 0.3 is 11.9 Å². The molecule has 0 bridgehead atoms. The molecular weight excluding hydrogens is 314 g/mol. The summed E-state index contributed by atoms with van der Waals surface area (Å²) in [6.07, 6.45) is 1.55. The molecule has 1 aromatic rings. The Morgan fingerprint density at radius 3 is 2.42 bits per heavy atom. The Morgan fingerprint density at radius 2 is 1.88 bits per heavy atom. The average Bonchev–Trinajstić information content (AvgIpc) is 2.98. The molecule has 1 aliphatic rings. The van der Waals surface area contributed by atoms with Crippen molar-refractivity contribution in [3.05, 3.63) is 39.9 Å². The Kier molecular flexibility index (Phi) is 5.89. The van der Waals surface area contributed by atoms with E-state index in [1.54, 1.807) is 6.92 Å². The average molecular weight is 335 g/mol. The molecule has 0 aromatic heterocycles. The third-order valence-electron chi connectivity index (χ3n) is 4.35. The van der Waals surface area contributed by atoms with Crippen molar-refractivity contribution in [1.29, 1.82) is 0 Å². The first kappa shape index (κ1) is 17.9. The highest BCUT2D eigenvalue weighted by atomic mass is 16.6. The third kappa shape index (κ3) is 4.10. The summed E-state index contributed by atoms with van der Waals surface area (Å²) in [4.78, 5) is 34.3. The van der Waals surface area contributed by atoms with Gasteiger partial charge in [0.05, 0.1) is 23.0 Å². The maximum Gasteiger partial charge on any atom is 0.338 e. The van der Waals surface area contributed by atoms with E-state index in [9.17, 15) is 19.7 Å². The topological polar surface area (TPSA) is 95.7 Å². The van der Waals surface area contributed by atoms with Crippen LogP contribution >= 0.6 is 0 Å². The zero-order chi connectivity index (χ0) is 17.7. The predicted molar refractivity (Wildman–Crippen MR) is 85.4 cm³/mol. The number of esters is 2. The van der Waals surface area contributed by atoms with Crippen LogP contribution in [0.4, 0.5) is 5.69 Å². The number of hydrogen-bond acceptors (Lipinski definition) is 6. The lowest BCUT2D eigenvalue weighted by Crippen LogP contribution is -2.21. The van der Waals surface area contributed by atoms with Crippen LogP contribution in [-0.4, -0.2) is 29.6 Å². The number of carbonyl (C=O) groups is 2. The summed E-state index contributed by atoms with van der Waals surface area (Å²) in [6, 6.07) is 5.27. The van der Waals surface area contributed by atoms with Crippen LogP contribution in [0.2, 0.25) is 0 Å². The van der Waals surface area contributed by atoms with Crippen LogP contribution in [0.5, 0.6) is 0 Å². The number of ether oxygens (including phenoxy) is 2. The molecule has 0 aliphatic heterocycles. The van der Waals surface area contributed by atoms with Crippen LogP contribution in [0.25, 0.3) is 0 Å². The molecule has 0 radical (unpaired) electrons. The molecule has 24 heavy (non-hydrogen) atoms. The van der Waals surface area contributed by atoms with Crippen molar-refractivity contribution in [2.75, 3.05) is 6.61 Å². The van der Waals surface area contributed by atoms with Gasteiger partial charge in [-0.1, -0.05) is 13.3 Å². The summed E-state index contributed by atoms with van der Waals surface area (Å²) in [5, 5.41) is 10.6. The number of hydrogen-bond donors (Lipinski definition) is 0. The molecule has 0 saturated heterocycles. The van der Waals surface area contributed by atoms with Gasteiger partial charge in [-0.05, 0) is 37.8 Å². The molecule has 0 heterocycles. The Hall–Kier alpha value is -2.44. The Morgan fingerprint density at radius 1 is 1.21 bits per heavy atom. The number of nitro groups is 1. The molecule has 7 heteroatoms. The van der Waals surface area contributed by atoms with Gasteiger partial charge in [0.15, 0.2) is 0 Å². The van der Waals surface area contributed by atoms with E-state index in [1.165, 1.54) is 24.3 Å². The van der Waals surface area contributed by atoms with Gasteiger partial charge in [-0.15, -0.1) is 0 Å². The summed E-state index contributed by atoms with van der Waals surface area (Å²) < 4.78 is 10.6. The van der Waals surface area contributed by atoms with E-state index in [1.807, 2.05) is 6.92 Å². The van der Waals surface area contributed by atoms with E-state index >= 15 is 0 Å². The minimum Gasteiger partial charge on any atom is -0.466 e. The minimum atomic E-state index is -0.533. The lowest BCUT2D eigenvalue weighted by molar-refractivity contribution is -0.384. The van der Waals surface area contributed by atoms with E-state index in [0.29, 0.717) is 19.4 Å². The maximum atomic E-state index is 12.2. The number of nitro benzene ring substituents is 1. The van der Waals surface area contributed by atoms with Crippen molar-refractivity contribution in [2.24, 2.45) is 11.8 Å². The van der Waals surface area contributed by atoms with Gasteiger partial charge in [0, 0.05) is 12.1 Å². The summed E-state index contributed by atoms with van der Waals surface area (Å²) >= 11 is 0. The summed E-state index contributed by atoms with van der Waals surface area (Å²) in [5.74, 6) is -0.879. The minimum absolute atomic E-state index is 0.0826. The van der Waals surface area contributed by atoms with Crippen molar-refractivity contribution in [3.8, 4) is 0 Å². The van der Waals surface area contributed by atoms with E-state index < -0.39 is 10.9 Å². The number of non-ortho nitro benzene ring substituents is 1. The Balaban J connectivity index is 1.99. The Labute approximate surface area is 140 Å². The van der Waals surface area contributed by atoms with Crippen LogP contribution in [0.3, 0.4) is 0 Å². The normalized spacial score (nSPS) is 22.8. The smallest absolute Gasteiger partial charge is 0.338 e. The largest absolute Gasteiger partial charge is 0.466 e. The SMILES string of the molecule is CCOC(=O)[C@H]1C[C@H](OC(=O)c2ccc([N+](=O)[O-])cc2)C[C@H]1CC. The fourth-order valence-corrected chi connectivity index (χ4v) is 3.10. The molecule has 1 saturated carbocycles. The predicted octanol–water partition coefficient (Wildman–Crippen LogP) is 3.12. The van der Waals surface area contributed by atoms with Crippen molar-refractivity contribution in [1.82, 2.24) is 0 Å². The molecule has 1 fully saturated rings. The van der Waals surface area contributed by atoms with E-state index in [4.69, 9.17) is 9.47 Å². The summed E-state index contributed by atoms with van der Waals surface area (Å²) in [5.41, 5.74) is 0.175. The van der Waals surface area contributed by atoms with Gasteiger partial charge in [0.25, 0.3) is 5.69 Å². The summed E-state index contributed by atoms with van der Waals surface area (Å²) in [6.45, 7) is 4.09. The standard InChI is InChI=1S/C17H21NO6/c1-3-11-9-14(10-15(11)17(20)23-4-2)24-16(19)12-5-7-13(8-6-12)18(21)22/h5-8,11,14-15H,3-4,9-10H2,1-2H3/t11-,14-,15+/m1/s1. The zero-order valence-electron chi connectivity index (χ0n) is 13.8. The second kappa shape index (κ2) is 7.90. The fourth-order valence-electron chi connectivity index (χ4n) is 3.10. The number of benzene rings is 1. The Bertz CT molecular complexity index is 612. The third-order valence-corrected chi connectivity index (χ3v) is 4.35. The second-order valence-corrected chi connectivity index (χ2v) is 5.83. The van der Waals surface area contributed by atoms with Crippen molar-refractivity contribution < 1.29 is 24.0 Å². The molecule has 1 aromatic carbocycles. The van der Waals surface area contributed by atoms with Crippen molar-refractivity contribution >= 4 is 17.6 Å². The van der Waals surface area contributed by atoms with E-state index in [0.717, 1.165) is 6.42 Å². The molecule has 0 unspecified atom stereocenters. The molecular formula is C17H21NO6. The zero-order valence-corrected chi connectivity index (χ0v) is 13.8. The number of rotatable bonds is 6. The second-order valence-electron chi connectivity index (χ2n) is 5.83. The highest BCUT2D eigenvalue weighted by Crippen LogP contribution is 2.37. The van der Waals surface area contributed by atoms with E-state index in [2.05, 4.69) is 0 Å².